The van der Waals surface area contributed by atoms with E-state index in [1.807, 2.05) is 0 Å². The Kier molecular flexibility index (Phi) is 4.81. The van der Waals surface area contributed by atoms with E-state index >= 15 is 0 Å². The fourth-order valence-electron chi connectivity index (χ4n) is 2.46. The molecule has 1 N–H and O–H groups in total. The highest BCUT2D eigenvalue weighted by Crippen LogP contribution is 2.28. The summed E-state index contributed by atoms with van der Waals surface area (Å²) in [5.41, 5.74) is 1.12. The molecule has 5 nitrogen and oxygen atoms in total. The maximum absolute atomic E-state index is 5.49. The average Bonchev–Trinajstić information content (AvgIpc) is 2.94. The van der Waals surface area contributed by atoms with E-state index in [1.165, 1.54) is 0 Å². The highest BCUT2D eigenvalue weighted by atomic mass is 16.5. The van der Waals surface area contributed by atoms with Crippen molar-refractivity contribution in [1.82, 2.24) is 9.97 Å². The van der Waals surface area contributed by atoms with Crippen LogP contribution in [0.3, 0.4) is 0 Å². The molecule has 1 aromatic rings. The van der Waals surface area contributed by atoms with Gasteiger partial charge in [0.2, 0.25) is 0 Å². The molecule has 0 spiro atoms. The molecule has 0 radical (unpaired) electrons. The van der Waals surface area contributed by atoms with Crippen molar-refractivity contribution in [3.8, 4) is 0 Å². The third-order valence-corrected chi connectivity index (χ3v) is 3.79. The molecule has 0 saturated carbocycles. The van der Waals surface area contributed by atoms with Crippen LogP contribution >= 0.6 is 0 Å². The summed E-state index contributed by atoms with van der Waals surface area (Å²) in [7, 11) is 2.11. The van der Waals surface area contributed by atoms with Crippen molar-refractivity contribution in [2.75, 3.05) is 37.0 Å². The van der Waals surface area contributed by atoms with Crippen LogP contribution < -0.4 is 10.2 Å². The minimum atomic E-state index is 0.319. The number of nitrogens with zero attached hydrogens (tertiary/aromatic N) is 3. The van der Waals surface area contributed by atoms with E-state index < -0.39 is 0 Å². The topological polar surface area (TPSA) is 50.3 Å². The SMILES string of the molecule is CCNc1nc(C(C)C)nc(N(C)C2CCOC2)c1C. The van der Waals surface area contributed by atoms with E-state index in [4.69, 9.17) is 9.72 Å². The minimum Gasteiger partial charge on any atom is -0.379 e. The van der Waals surface area contributed by atoms with Crippen LogP contribution in [0.1, 0.15) is 44.5 Å². The maximum atomic E-state index is 5.49. The second-order valence-corrected chi connectivity index (χ2v) is 5.69. The van der Waals surface area contributed by atoms with Gasteiger partial charge in [0.05, 0.1) is 12.6 Å². The lowest BCUT2D eigenvalue weighted by atomic mass is 10.1. The van der Waals surface area contributed by atoms with Gasteiger partial charge >= 0.3 is 0 Å². The van der Waals surface area contributed by atoms with Gasteiger partial charge in [0, 0.05) is 31.7 Å². The van der Waals surface area contributed by atoms with Gasteiger partial charge in [-0.2, -0.15) is 0 Å². The summed E-state index contributed by atoms with van der Waals surface area (Å²) in [6.07, 6.45) is 1.06. The summed E-state index contributed by atoms with van der Waals surface area (Å²) < 4.78 is 5.49. The number of ether oxygens (including phenoxy) is 1. The number of anilines is 2. The van der Waals surface area contributed by atoms with Crippen LogP contribution in [0.2, 0.25) is 0 Å². The zero-order valence-electron chi connectivity index (χ0n) is 13.2. The van der Waals surface area contributed by atoms with Crippen molar-refractivity contribution in [2.45, 2.75) is 46.1 Å². The Morgan fingerprint density at radius 1 is 1.40 bits per heavy atom. The maximum Gasteiger partial charge on any atom is 0.137 e. The molecular weight excluding hydrogens is 252 g/mol. The molecule has 5 heteroatoms. The molecule has 2 heterocycles. The monoisotopic (exact) mass is 278 g/mol. The molecule has 2 rings (SSSR count). The first-order chi connectivity index (χ1) is 9.54. The summed E-state index contributed by atoms with van der Waals surface area (Å²) in [6.45, 7) is 10.9. The Balaban J connectivity index is 2.38. The second-order valence-electron chi connectivity index (χ2n) is 5.69. The summed E-state index contributed by atoms with van der Waals surface area (Å²) in [6, 6.07) is 0.415. The number of likely N-dealkylation sites (N-methyl/N-ethyl adjacent to an activating group) is 1. The Bertz CT molecular complexity index is 455. The number of rotatable bonds is 5. The summed E-state index contributed by atoms with van der Waals surface area (Å²) >= 11 is 0. The Morgan fingerprint density at radius 2 is 2.15 bits per heavy atom. The van der Waals surface area contributed by atoms with E-state index in [0.717, 1.165) is 49.2 Å². The minimum absolute atomic E-state index is 0.319. The summed E-state index contributed by atoms with van der Waals surface area (Å²) in [4.78, 5) is 11.7. The molecule has 1 atom stereocenters. The number of hydrogen-bond donors (Lipinski definition) is 1. The molecule has 1 saturated heterocycles. The molecular formula is C15H26N4O. The first-order valence-electron chi connectivity index (χ1n) is 7.47. The lowest BCUT2D eigenvalue weighted by molar-refractivity contribution is 0.193. The number of nitrogens with one attached hydrogen (secondary N) is 1. The van der Waals surface area contributed by atoms with Crippen molar-refractivity contribution in [3.63, 3.8) is 0 Å². The van der Waals surface area contributed by atoms with Gasteiger partial charge in [-0.1, -0.05) is 13.8 Å². The van der Waals surface area contributed by atoms with Gasteiger partial charge in [0.1, 0.15) is 17.5 Å². The zero-order valence-corrected chi connectivity index (χ0v) is 13.2. The van der Waals surface area contributed by atoms with Crippen LogP contribution in [0.15, 0.2) is 0 Å². The van der Waals surface area contributed by atoms with Crippen LogP contribution in [-0.2, 0) is 4.74 Å². The van der Waals surface area contributed by atoms with Gasteiger partial charge in [-0.05, 0) is 20.3 Å². The van der Waals surface area contributed by atoms with E-state index in [-0.39, 0.29) is 0 Å². The lowest BCUT2D eigenvalue weighted by Gasteiger charge is -2.27. The molecule has 0 bridgehead atoms. The van der Waals surface area contributed by atoms with E-state index in [1.54, 1.807) is 0 Å². The second kappa shape index (κ2) is 6.39. The van der Waals surface area contributed by atoms with Gasteiger partial charge < -0.3 is 15.0 Å². The van der Waals surface area contributed by atoms with Crippen LogP contribution in [0, 0.1) is 6.92 Å². The molecule has 20 heavy (non-hydrogen) atoms. The molecule has 0 amide bonds. The third-order valence-electron chi connectivity index (χ3n) is 3.79. The standard InChI is InChI=1S/C15H26N4O/c1-6-16-14-11(4)15(18-13(17-14)10(2)3)19(5)12-7-8-20-9-12/h10,12H,6-9H2,1-5H3,(H,16,17,18). The fraction of sp³-hybridized carbons (Fsp3) is 0.733. The zero-order chi connectivity index (χ0) is 14.7. The van der Waals surface area contributed by atoms with Crippen LogP contribution in [-0.4, -0.2) is 42.8 Å². The fourth-order valence-corrected chi connectivity index (χ4v) is 2.46. The predicted octanol–water partition coefficient (Wildman–Crippen LogP) is 2.57. The number of aromatic nitrogens is 2. The molecule has 1 aliphatic heterocycles. The van der Waals surface area contributed by atoms with Gasteiger partial charge in [-0.3, -0.25) is 0 Å². The predicted molar refractivity (Wildman–Crippen MR) is 82.6 cm³/mol. The van der Waals surface area contributed by atoms with Crippen LogP contribution in [0.4, 0.5) is 11.6 Å². The number of hydrogen-bond acceptors (Lipinski definition) is 5. The van der Waals surface area contributed by atoms with Gasteiger partial charge in [-0.25, -0.2) is 9.97 Å². The van der Waals surface area contributed by atoms with Gasteiger partial charge in [0.15, 0.2) is 0 Å². The molecule has 1 fully saturated rings. The van der Waals surface area contributed by atoms with Crippen molar-refractivity contribution < 1.29 is 4.74 Å². The molecule has 0 aliphatic carbocycles. The Labute approximate surface area is 121 Å². The molecule has 0 aromatic carbocycles. The Hall–Kier alpha value is -1.36. The summed E-state index contributed by atoms with van der Waals surface area (Å²) in [5, 5.41) is 3.35. The van der Waals surface area contributed by atoms with Crippen LogP contribution in [0.25, 0.3) is 0 Å². The van der Waals surface area contributed by atoms with Crippen molar-refractivity contribution in [3.05, 3.63) is 11.4 Å². The normalized spacial score (nSPS) is 18.6. The van der Waals surface area contributed by atoms with E-state index in [0.29, 0.717) is 12.0 Å². The van der Waals surface area contributed by atoms with E-state index in [2.05, 4.69) is 49.9 Å². The van der Waals surface area contributed by atoms with Crippen molar-refractivity contribution in [2.24, 2.45) is 0 Å². The summed E-state index contributed by atoms with van der Waals surface area (Å²) in [5.74, 6) is 3.19. The molecule has 112 valence electrons. The Morgan fingerprint density at radius 3 is 2.70 bits per heavy atom. The molecule has 1 aromatic heterocycles. The first-order valence-corrected chi connectivity index (χ1v) is 7.47. The van der Waals surface area contributed by atoms with E-state index in [9.17, 15) is 0 Å². The van der Waals surface area contributed by atoms with Crippen molar-refractivity contribution >= 4 is 11.6 Å². The van der Waals surface area contributed by atoms with Crippen molar-refractivity contribution in [1.29, 1.82) is 0 Å². The largest absolute Gasteiger partial charge is 0.379 e. The smallest absolute Gasteiger partial charge is 0.137 e. The quantitative estimate of drug-likeness (QED) is 0.897. The van der Waals surface area contributed by atoms with Gasteiger partial charge in [-0.15, -0.1) is 0 Å². The van der Waals surface area contributed by atoms with Gasteiger partial charge in [0.25, 0.3) is 0 Å². The van der Waals surface area contributed by atoms with Crippen LogP contribution in [0.5, 0.6) is 0 Å². The highest BCUT2D eigenvalue weighted by molar-refractivity contribution is 5.59. The molecule has 1 unspecified atom stereocenters. The third kappa shape index (κ3) is 3.03. The molecule has 1 aliphatic rings. The highest BCUT2D eigenvalue weighted by Gasteiger charge is 2.24. The average molecular weight is 278 g/mol. The first kappa shape index (κ1) is 15.0. The lowest BCUT2D eigenvalue weighted by Crippen LogP contribution is -2.33.